The average molecular weight is 172 g/mol. The zero-order chi connectivity index (χ0) is 9.82. The topological polar surface area (TPSA) is 20.2 Å². The molecule has 0 bridgehead atoms. The summed E-state index contributed by atoms with van der Waals surface area (Å²) < 4.78 is 0. The van der Waals surface area contributed by atoms with E-state index in [-0.39, 0.29) is 0 Å². The Morgan fingerprint density at radius 3 is 2.33 bits per heavy atom. The van der Waals surface area contributed by atoms with Crippen molar-refractivity contribution in [2.45, 2.75) is 46.5 Å². The van der Waals surface area contributed by atoms with Gasteiger partial charge in [0.2, 0.25) is 0 Å². The van der Waals surface area contributed by atoms with Crippen molar-refractivity contribution in [3.8, 4) is 0 Å². The lowest BCUT2D eigenvalue weighted by Gasteiger charge is -2.01. The quantitative estimate of drug-likeness (QED) is 0.555. The molecule has 1 nitrogen and oxygen atoms in total. The molecule has 0 aromatic carbocycles. The van der Waals surface area contributed by atoms with Crippen molar-refractivity contribution >= 4 is 0 Å². The standard InChI is InChI=1S/C8H14.C2H6.CH4O/c1-8-6-4-2-3-5-7-8;2*1-2/h2,4,8H,3,5-7H2,1H3;1-2H3;2H,1H3. The minimum atomic E-state index is 0.939. The van der Waals surface area contributed by atoms with E-state index >= 15 is 0 Å². The predicted molar refractivity (Wildman–Crippen MR) is 56.3 cm³/mol. The number of aliphatic hydroxyl groups is 1. The molecule has 0 fully saturated rings. The molecular weight excluding hydrogens is 148 g/mol. The first-order valence-corrected chi connectivity index (χ1v) is 4.99. The second-order valence-corrected chi connectivity index (χ2v) is 2.74. The molecule has 1 aliphatic carbocycles. The summed E-state index contributed by atoms with van der Waals surface area (Å²) in [5, 5.41) is 7.00. The first-order valence-electron chi connectivity index (χ1n) is 4.99. The molecule has 1 unspecified atom stereocenters. The van der Waals surface area contributed by atoms with Crippen LogP contribution in [0.3, 0.4) is 0 Å². The lowest BCUT2D eigenvalue weighted by atomic mass is 10.0. The van der Waals surface area contributed by atoms with E-state index < -0.39 is 0 Å². The van der Waals surface area contributed by atoms with Gasteiger partial charge in [0, 0.05) is 7.11 Å². The van der Waals surface area contributed by atoms with Crippen LogP contribution in [0.25, 0.3) is 0 Å². The van der Waals surface area contributed by atoms with Gasteiger partial charge in [0.15, 0.2) is 0 Å². The van der Waals surface area contributed by atoms with Crippen LogP contribution in [-0.2, 0) is 0 Å². The molecule has 1 aliphatic rings. The van der Waals surface area contributed by atoms with Gasteiger partial charge in [-0.2, -0.15) is 0 Å². The van der Waals surface area contributed by atoms with E-state index in [9.17, 15) is 0 Å². The molecule has 1 N–H and O–H groups in total. The van der Waals surface area contributed by atoms with Gasteiger partial charge in [-0.15, -0.1) is 0 Å². The van der Waals surface area contributed by atoms with Crippen LogP contribution in [0.15, 0.2) is 12.2 Å². The van der Waals surface area contributed by atoms with Crippen molar-refractivity contribution in [2.75, 3.05) is 7.11 Å². The first kappa shape index (κ1) is 14.2. The van der Waals surface area contributed by atoms with Gasteiger partial charge in [-0.25, -0.2) is 0 Å². The minimum Gasteiger partial charge on any atom is -0.400 e. The molecule has 74 valence electrons. The number of hydrogen-bond donors (Lipinski definition) is 1. The molecule has 1 atom stereocenters. The van der Waals surface area contributed by atoms with Crippen molar-refractivity contribution < 1.29 is 5.11 Å². The average Bonchev–Trinajstić information content (AvgIpc) is 2.40. The first-order chi connectivity index (χ1) is 5.89. The van der Waals surface area contributed by atoms with Crippen molar-refractivity contribution in [2.24, 2.45) is 5.92 Å². The maximum absolute atomic E-state index is 7.00. The molecule has 0 spiro atoms. The second kappa shape index (κ2) is 13.3. The summed E-state index contributed by atoms with van der Waals surface area (Å²) in [4.78, 5) is 0. The second-order valence-electron chi connectivity index (χ2n) is 2.74. The number of aliphatic hydroxyl groups excluding tert-OH is 1. The fourth-order valence-electron chi connectivity index (χ4n) is 1.15. The summed E-state index contributed by atoms with van der Waals surface area (Å²) in [7, 11) is 1.00. The minimum absolute atomic E-state index is 0.939. The zero-order valence-electron chi connectivity index (χ0n) is 9.01. The number of allylic oxidation sites excluding steroid dienone is 2. The van der Waals surface area contributed by atoms with E-state index in [1.165, 1.54) is 25.7 Å². The molecule has 0 aromatic rings. The van der Waals surface area contributed by atoms with Gasteiger partial charge in [0.25, 0.3) is 0 Å². The van der Waals surface area contributed by atoms with E-state index in [2.05, 4.69) is 19.1 Å². The normalized spacial score (nSPS) is 20.9. The zero-order valence-corrected chi connectivity index (χ0v) is 9.01. The Morgan fingerprint density at radius 1 is 1.17 bits per heavy atom. The van der Waals surface area contributed by atoms with Gasteiger partial charge < -0.3 is 5.11 Å². The number of rotatable bonds is 0. The van der Waals surface area contributed by atoms with E-state index in [0.717, 1.165) is 13.0 Å². The molecule has 0 aromatic heterocycles. The third-order valence-corrected chi connectivity index (χ3v) is 1.77. The van der Waals surface area contributed by atoms with Gasteiger partial charge in [-0.3, -0.25) is 0 Å². The summed E-state index contributed by atoms with van der Waals surface area (Å²) in [6.45, 7) is 6.33. The van der Waals surface area contributed by atoms with Crippen molar-refractivity contribution in [3.63, 3.8) is 0 Å². The summed E-state index contributed by atoms with van der Waals surface area (Å²) in [6.07, 6.45) is 10.1. The van der Waals surface area contributed by atoms with Crippen LogP contribution in [0.2, 0.25) is 0 Å². The molecule has 1 rings (SSSR count). The highest BCUT2D eigenvalue weighted by Crippen LogP contribution is 2.16. The highest BCUT2D eigenvalue weighted by atomic mass is 16.2. The van der Waals surface area contributed by atoms with Gasteiger partial charge >= 0.3 is 0 Å². The summed E-state index contributed by atoms with van der Waals surface area (Å²) >= 11 is 0. The van der Waals surface area contributed by atoms with E-state index in [4.69, 9.17) is 5.11 Å². The SMILES string of the molecule is CC.CC1CC=CCCC1.CO. The third kappa shape index (κ3) is 9.70. The molecule has 1 heteroatoms. The van der Waals surface area contributed by atoms with Crippen LogP contribution >= 0.6 is 0 Å². The Kier molecular flexibility index (Phi) is 15.8. The highest BCUT2D eigenvalue weighted by Gasteiger charge is 2.00. The monoisotopic (exact) mass is 172 g/mol. The smallest absolute Gasteiger partial charge is 0.0319 e. The molecule has 0 saturated heterocycles. The fourth-order valence-corrected chi connectivity index (χ4v) is 1.15. The molecule has 0 aliphatic heterocycles. The molecular formula is C11H24O. The molecule has 0 radical (unpaired) electrons. The Morgan fingerprint density at radius 2 is 1.75 bits per heavy atom. The van der Waals surface area contributed by atoms with Crippen LogP contribution < -0.4 is 0 Å². The number of hydrogen-bond acceptors (Lipinski definition) is 1. The fraction of sp³-hybridized carbons (Fsp3) is 0.818. The Balaban J connectivity index is 0. The van der Waals surface area contributed by atoms with Crippen molar-refractivity contribution in [1.82, 2.24) is 0 Å². The summed E-state index contributed by atoms with van der Waals surface area (Å²) in [5.74, 6) is 0.939. The third-order valence-electron chi connectivity index (χ3n) is 1.77. The maximum atomic E-state index is 7.00. The Bertz CT molecular complexity index is 87.0. The predicted octanol–water partition coefficient (Wildman–Crippen LogP) is 3.39. The Labute approximate surface area is 77.5 Å². The van der Waals surface area contributed by atoms with Crippen LogP contribution in [0.5, 0.6) is 0 Å². The van der Waals surface area contributed by atoms with E-state index in [1.54, 1.807) is 0 Å². The lowest BCUT2D eigenvalue weighted by Crippen LogP contribution is -1.88. The summed E-state index contributed by atoms with van der Waals surface area (Å²) in [5.41, 5.74) is 0. The van der Waals surface area contributed by atoms with Crippen LogP contribution in [0.4, 0.5) is 0 Å². The summed E-state index contributed by atoms with van der Waals surface area (Å²) in [6, 6.07) is 0. The molecule has 0 heterocycles. The van der Waals surface area contributed by atoms with Gasteiger partial charge in [-0.1, -0.05) is 39.3 Å². The lowest BCUT2D eigenvalue weighted by molar-refractivity contribution is 0.399. The largest absolute Gasteiger partial charge is 0.400 e. The Hall–Kier alpha value is -0.300. The van der Waals surface area contributed by atoms with Crippen LogP contribution in [-0.4, -0.2) is 12.2 Å². The molecule has 0 saturated carbocycles. The molecule has 0 amide bonds. The highest BCUT2D eigenvalue weighted by molar-refractivity contribution is 4.86. The molecule has 12 heavy (non-hydrogen) atoms. The van der Waals surface area contributed by atoms with E-state index in [0.29, 0.717) is 0 Å². The van der Waals surface area contributed by atoms with Gasteiger partial charge in [0.1, 0.15) is 0 Å². The van der Waals surface area contributed by atoms with Crippen molar-refractivity contribution in [3.05, 3.63) is 12.2 Å². The van der Waals surface area contributed by atoms with Gasteiger partial charge in [-0.05, 0) is 25.2 Å². The van der Waals surface area contributed by atoms with Crippen LogP contribution in [0.1, 0.15) is 46.5 Å². The van der Waals surface area contributed by atoms with Gasteiger partial charge in [0.05, 0.1) is 0 Å². The van der Waals surface area contributed by atoms with Crippen molar-refractivity contribution in [1.29, 1.82) is 0 Å². The maximum Gasteiger partial charge on any atom is 0.0319 e. The van der Waals surface area contributed by atoms with E-state index in [1.807, 2.05) is 13.8 Å². The van der Waals surface area contributed by atoms with Crippen LogP contribution in [0, 0.1) is 5.92 Å².